The summed E-state index contributed by atoms with van der Waals surface area (Å²) in [6.07, 6.45) is 0. The average molecular weight is 678 g/mol. The molecule has 53 heavy (non-hydrogen) atoms. The minimum atomic E-state index is 0.856. The van der Waals surface area contributed by atoms with Crippen LogP contribution in [0.25, 0.3) is 87.7 Å². The van der Waals surface area contributed by atoms with Crippen molar-refractivity contribution in [3.63, 3.8) is 0 Å². The van der Waals surface area contributed by atoms with Crippen molar-refractivity contribution in [3.8, 4) is 22.3 Å². The predicted molar refractivity (Wildman–Crippen MR) is 222 cm³/mol. The van der Waals surface area contributed by atoms with Gasteiger partial charge in [0.05, 0.1) is 16.8 Å². The number of benzene rings is 9. The quantitative estimate of drug-likeness (QED) is 0.182. The summed E-state index contributed by atoms with van der Waals surface area (Å²) in [7, 11) is 0. The Bertz CT molecular complexity index is 3190. The van der Waals surface area contributed by atoms with Crippen molar-refractivity contribution in [3.05, 3.63) is 188 Å². The first-order chi connectivity index (χ1) is 26.3. The smallest absolute Gasteiger partial charge is 0.143 e. The highest BCUT2D eigenvalue weighted by molar-refractivity contribution is 6.21. The molecule has 0 aliphatic heterocycles. The maximum absolute atomic E-state index is 6.71. The van der Waals surface area contributed by atoms with E-state index >= 15 is 0 Å². The van der Waals surface area contributed by atoms with Crippen LogP contribution < -0.4 is 4.90 Å². The number of nitrogens with zero attached hydrogens (tertiary/aromatic N) is 1. The van der Waals surface area contributed by atoms with Gasteiger partial charge >= 0.3 is 0 Å². The van der Waals surface area contributed by atoms with Gasteiger partial charge in [-0.25, -0.2) is 0 Å². The van der Waals surface area contributed by atoms with Crippen LogP contribution >= 0.6 is 0 Å². The zero-order chi connectivity index (χ0) is 34.9. The lowest BCUT2D eigenvalue weighted by atomic mass is 9.97. The van der Waals surface area contributed by atoms with Gasteiger partial charge in [-0.1, -0.05) is 140 Å². The number of anilines is 3. The van der Waals surface area contributed by atoms with Gasteiger partial charge in [-0.15, -0.1) is 0 Å². The van der Waals surface area contributed by atoms with Gasteiger partial charge in [0.25, 0.3) is 0 Å². The van der Waals surface area contributed by atoms with E-state index in [2.05, 4.69) is 193 Å². The molecule has 2 aromatic heterocycles. The zero-order valence-corrected chi connectivity index (χ0v) is 28.7. The van der Waals surface area contributed by atoms with Crippen molar-refractivity contribution in [2.24, 2.45) is 0 Å². The van der Waals surface area contributed by atoms with E-state index in [-0.39, 0.29) is 0 Å². The van der Waals surface area contributed by atoms with Crippen LogP contribution in [0, 0.1) is 0 Å². The molecule has 0 amide bonds. The van der Waals surface area contributed by atoms with Crippen LogP contribution in [0.1, 0.15) is 0 Å². The maximum atomic E-state index is 6.71. The summed E-state index contributed by atoms with van der Waals surface area (Å²) in [6.45, 7) is 0. The summed E-state index contributed by atoms with van der Waals surface area (Å²) in [5.74, 6) is 0. The van der Waals surface area contributed by atoms with E-state index in [1.165, 1.54) is 5.39 Å². The number of para-hydroxylation sites is 1. The van der Waals surface area contributed by atoms with E-state index in [1.807, 2.05) is 0 Å². The molecule has 0 saturated carbocycles. The van der Waals surface area contributed by atoms with Gasteiger partial charge in [-0.3, -0.25) is 0 Å². The van der Waals surface area contributed by atoms with Gasteiger partial charge in [-0.05, 0) is 76.0 Å². The molecule has 0 aliphatic rings. The Balaban J connectivity index is 1.18. The van der Waals surface area contributed by atoms with Crippen molar-refractivity contribution >= 4 is 82.5 Å². The molecule has 3 heteroatoms. The standard InChI is InChI=1S/C50H31NO2/c1-2-13-32(14-3-1)37-19-8-9-23-43(37)51(44-24-12-26-46-48(44)42-30-28-34-16-5-7-21-40(34)50(42)53-46)36-18-10-17-35(31-36)38-22-11-25-45-47(38)41-29-27-33-15-4-6-20-39(33)49(41)52-45/h1-31H. The van der Waals surface area contributed by atoms with Crippen molar-refractivity contribution in [1.82, 2.24) is 0 Å². The van der Waals surface area contributed by atoms with E-state index in [0.717, 1.165) is 99.4 Å². The van der Waals surface area contributed by atoms with Gasteiger partial charge in [-0.2, -0.15) is 0 Å². The Morgan fingerprint density at radius 3 is 1.64 bits per heavy atom. The third-order valence-corrected chi connectivity index (χ3v) is 10.6. The summed E-state index contributed by atoms with van der Waals surface area (Å²) < 4.78 is 13.3. The Kier molecular flexibility index (Phi) is 6.55. The lowest BCUT2D eigenvalue weighted by Crippen LogP contribution is -2.11. The molecule has 248 valence electrons. The van der Waals surface area contributed by atoms with Crippen LogP contribution in [0.15, 0.2) is 197 Å². The molecule has 0 aliphatic carbocycles. The van der Waals surface area contributed by atoms with Crippen LogP contribution in [-0.4, -0.2) is 0 Å². The summed E-state index contributed by atoms with van der Waals surface area (Å²) >= 11 is 0. The Morgan fingerprint density at radius 1 is 0.340 bits per heavy atom. The second-order valence-electron chi connectivity index (χ2n) is 13.6. The molecule has 0 unspecified atom stereocenters. The van der Waals surface area contributed by atoms with Crippen LogP contribution in [0.2, 0.25) is 0 Å². The molecular formula is C50H31NO2. The molecule has 11 rings (SSSR count). The maximum Gasteiger partial charge on any atom is 0.143 e. The molecule has 2 heterocycles. The number of furan rings is 2. The summed E-state index contributed by atoms with van der Waals surface area (Å²) in [4.78, 5) is 2.40. The van der Waals surface area contributed by atoms with Gasteiger partial charge in [0.2, 0.25) is 0 Å². The molecule has 0 radical (unpaired) electrons. The van der Waals surface area contributed by atoms with Crippen LogP contribution in [0.3, 0.4) is 0 Å². The van der Waals surface area contributed by atoms with Gasteiger partial charge in [0.15, 0.2) is 0 Å². The molecule has 0 atom stereocenters. The first-order valence-electron chi connectivity index (χ1n) is 18.0. The van der Waals surface area contributed by atoms with Crippen molar-refractivity contribution in [1.29, 1.82) is 0 Å². The van der Waals surface area contributed by atoms with E-state index < -0.39 is 0 Å². The zero-order valence-electron chi connectivity index (χ0n) is 28.7. The molecule has 9 aromatic carbocycles. The second kappa shape index (κ2) is 11.7. The van der Waals surface area contributed by atoms with Crippen LogP contribution in [0.5, 0.6) is 0 Å². The SMILES string of the molecule is c1ccc(-c2ccccc2N(c2cccc(-c3cccc4oc5c6ccccc6ccc5c34)c2)c2cccc3oc4c5ccccc5ccc4c23)cc1. The largest absolute Gasteiger partial charge is 0.455 e. The van der Waals surface area contributed by atoms with Gasteiger partial charge in [0, 0.05) is 38.2 Å². The average Bonchev–Trinajstić information content (AvgIpc) is 3.81. The monoisotopic (exact) mass is 677 g/mol. The minimum Gasteiger partial charge on any atom is -0.455 e. The lowest BCUT2D eigenvalue weighted by molar-refractivity contribution is 0.672. The molecular weight excluding hydrogens is 647 g/mol. The first kappa shape index (κ1) is 29.6. The molecule has 0 spiro atoms. The van der Waals surface area contributed by atoms with Crippen LogP contribution in [0.4, 0.5) is 17.1 Å². The van der Waals surface area contributed by atoms with E-state index in [4.69, 9.17) is 8.83 Å². The third-order valence-electron chi connectivity index (χ3n) is 10.6. The lowest BCUT2D eigenvalue weighted by Gasteiger charge is -2.29. The number of rotatable bonds is 5. The molecule has 11 aromatic rings. The van der Waals surface area contributed by atoms with Crippen LogP contribution in [-0.2, 0) is 0 Å². The van der Waals surface area contributed by atoms with Gasteiger partial charge in [0.1, 0.15) is 22.3 Å². The minimum absolute atomic E-state index is 0.856. The Morgan fingerprint density at radius 2 is 0.887 bits per heavy atom. The molecule has 0 fully saturated rings. The topological polar surface area (TPSA) is 29.5 Å². The second-order valence-corrected chi connectivity index (χ2v) is 13.6. The van der Waals surface area contributed by atoms with Crippen molar-refractivity contribution in [2.75, 3.05) is 4.90 Å². The number of hydrogen-bond donors (Lipinski definition) is 0. The summed E-state index contributed by atoms with van der Waals surface area (Å²) in [5, 5.41) is 8.98. The fourth-order valence-electron chi connectivity index (χ4n) is 8.27. The molecule has 0 N–H and O–H groups in total. The predicted octanol–water partition coefficient (Wildman–Crippen LogP) is 14.6. The first-order valence-corrected chi connectivity index (χ1v) is 18.0. The normalized spacial score (nSPS) is 11.8. The summed E-state index contributed by atoms with van der Waals surface area (Å²) in [5.41, 5.74) is 11.3. The molecule has 0 saturated heterocycles. The third kappa shape index (κ3) is 4.61. The molecule has 3 nitrogen and oxygen atoms in total. The van der Waals surface area contributed by atoms with E-state index in [0.29, 0.717) is 0 Å². The fraction of sp³-hybridized carbons (Fsp3) is 0. The van der Waals surface area contributed by atoms with Crippen molar-refractivity contribution < 1.29 is 8.83 Å². The number of hydrogen-bond acceptors (Lipinski definition) is 3. The van der Waals surface area contributed by atoms with Gasteiger partial charge < -0.3 is 13.7 Å². The fourth-order valence-corrected chi connectivity index (χ4v) is 8.27. The van der Waals surface area contributed by atoms with E-state index in [1.54, 1.807) is 0 Å². The highest BCUT2D eigenvalue weighted by Gasteiger charge is 2.23. The molecule has 0 bridgehead atoms. The summed E-state index contributed by atoms with van der Waals surface area (Å²) in [6, 6.07) is 66.7. The number of fused-ring (bicyclic) bond motifs is 10. The highest BCUT2D eigenvalue weighted by atomic mass is 16.3. The Hall–Kier alpha value is -7.10. The Labute approximate surface area is 305 Å². The van der Waals surface area contributed by atoms with Crippen molar-refractivity contribution in [2.45, 2.75) is 0 Å². The highest BCUT2D eigenvalue weighted by Crippen LogP contribution is 2.48. The van der Waals surface area contributed by atoms with E-state index in [9.17, 15) is 0 Å².